The lowest BCUT2D eigenvalue weighted by Gasteiger charge is -2.16. The fourth-order valence-electron chi connectivity index (χ4n) is 3.71. The second-order valence-corrected chi connectivity index (χ2v) is 7.03. The Balaban J connectivity index is 1.66. The number of methoxy groups -OCH3 is 1. The quantitative estimate of drug-likeness (QED) is 0.426. The number of rotatable bonds is 3. The van der Waals surface area contributed by atoms with Crippen LogP contribution >= 0.6 is 0 Å². The van der Waals surface area contributed by atoms with Gasteiger partial charge in [0.15, 0.2) is 5.69 Å². The molecule has 0 atom stereocenters. The first-order valence-corrected chi connectivity index (χ1v) is 9.38. The van der Waals surface area contributed by atoms with Crippen LogP contribution in [0.4, 0.5) is 13.2 Å². The van der Waals surface area contributed by atoms with Crippen molar-refractivity contribution in [3.05, 3.63) is 94.6 Å². The molecule has 0 amide bonds. The molecule has 1 heterocycles. The molecule has 0 saturated carbocycles. The standard InChI is InChI=1S/C23H12F3N3O3/c1-32-12-6-7-13-15(10-12)23(31)21-20(22(13)30)27-28-29(21)11-8-17(25)19(18(26)9-11)14-4-2-3-5-16(14)24/h2-10H,1H3. The molecule has 0 radical (unpaired) electrons. The number of nitrogens with zero attached hydrogens (tertiary/aromatic N) is 3. The Morgan fingerprint density at radius 1 is 0.812 bits per heavy atom. The number of benzene rings is 3. The van der Waals surface area contributed by atoms with E-state index in [4.69, 9.17) is 4.74 Å². The second-order valence-electron chi connectivity index (χ2n) is 7.03. The molecule has 0 aliphatic heterocycles. The molecule has 3 aromatic carbocycles. The summed E-state index contributed by atoms with van der Waals surface area (Å²) < 4.78 is 49.8. The van der Waals surface area contributed by atoms with Crippen molar-refractivity contribution in [2.75, 3.05) is 7.11 Å². The van der Waals surface area contributed by atoms with Gasteiger partial charge >= 0.3 is 0 Å². The Bertz CT molecular complexity index is 1420. The summed E-state index contributed by atoms with van der Waals surface area (Å²) in [5.74, 6) is -3.71. The van der Waals surface area contributed by atoms with Gasteiger partial charge in [-0.3, -0.25) is 9.59 Å². The predicted octanol–water partition coefficient (Wildman–Crippen LogP) is 4.14. The highest BCUT2D eigenvalue weighted by Crippen LogP contribution is 2.33. The summed E-state index contributed by atoms with van der Waals surface area (Å²) >= 11 is 0. The monoisotopic (exact) mass is 435 g/mol. The van der Waals surface area contributed by atoms with E-state index >= 15 is 0 Å². The van der Waals surface area contributed by atoms with Crippen molar-refractivity contribution in [3.63, 3.8) is 0 Å². The number of carbonyl (C=O) groups is 2. The third-order valence-electron chi connectivity index (χ3n) is 5.23. The zero-order chi connectivity index (χ0) is 22.6. The smallest absolute Gasteiger partial charge is 0.216 e. The molecule has 1 aliphatic carbocycles. The molecule has 0 unspecified atom stereocenters. The Morgan fingerprint density at radius 2 is 1.53 bits per heavy atom. The molecule has 9 heteroatoms. The molecule has 158 valence electrons. The van der Waals surface area contributed by atoms with Gasteiger partial charge in [-0.2, -0.15) is 0 Å². The molecular weight excluding hydrogens is 423 g/mol. The number of ether oxygens (including phenoxy) is 1. The van der Waals surface area contributed by atoms with E-state index in [0.717, 1.165) is 22.9 Å². The lowest BCUT2D eigenvalue weighted by Crippen LogP contribution is -2.23. The highest BCUT2D eigenvalue weighted by Gasteiger charge is 2.36. The number of halogens is 3. The minimum absolute atomic E-state index is 0.0642. The van der Waals surface area contributed by atoms with Gasteiger partial charge in [0.1, 0.15) is 28.9 Å². The normalized spacial score (nSPS) is 12.5. The lowest BCUT2D eigenvalue weighted by molar-refractivity contribution is 0.0972. The van der Waals surface area contributed by atoms with Crippen LogP contribution in [-0.2, 0) is 0 Å². The predicted molar refractivity (Wildman–Crippen MR) is 107 cm³/mol. The average molecular weight is 435 g/mol. The van der Waals surface area contributed by atoms with Gasteiger partial charge < -0.3 is 4.74 Å². The maximum Gasteiger partial charge on any atom is 0.216 e. The van der Waals surface area contributed by atoms with Crippen molar-refractivity contribution >= 4 is 11.6 Å². The summed E-state index contributed by atoms with van der Waals surface area (Å²) in [6.07, 6.45) is 0. The zero-order valence-electron chi connectivity index (χ0n) is 16.4. The van der Waals surface area contributed by atoms with Crippen molar-refractivity contribution in [2.24, 2.45) is 0 Å². The van der Waals surface area contributed by atoms with Gasteiger partial charge in [-0.25, -0.2) is 17.9 Å². The van der Waals surface area contributed by atoms with Gasteiger partial charge in [0.2, 0.25) is 11.6 Å². The number of ketones is 2. The van der Waals surface area contributed by atoms with E-state index in [1.165, 1.54) is 43.5 Å². The molecule has 1 aliphatic rings. The molecule has 1 aromatic heterocycles. The van der Waals surface area contributed by atoms with Crippen LogP contribution in [0.3, 0.4) is 0 Å². The fraction of sp³-hybridized carbons (Fsp3) is 0.0435. The van der Waals surface area contributed by atoms with E-state index in [1.807, 2.05) is 0 Å². The maximum atomic E-state index is 14.9. The summed E-state index contributed by atoms with van der Waals surface area (Å²) in [5, 5.41) is 7.55. The van der Waals surface area contributed by atoms with Crippen LogP contribution < -0.4 is 4.74 Å². The Labute approximate surface area is 178 Å². The molecule has 32 heavy (non-hydrogen) atoms. The molecular formula is C23H12F3N3O3. The first kappa shape index (κ1) is 19.7. The average Bonchev–Trinajstić information content (AvgIpc) is 3.23. The summed E-state index contributed by atoms with van der Waals surface area (Å²) in [5.41, 5.74) is -1.25. The van der Waals surface area contributed by atoms with Crippen LogP contribution in [0.2, 0.25) is 0 Å². The molecule has 5 rings (SSSR count). The van der Waals surface area contributed by atoms with Gasteiger partial charge in [0.05, 0.1) is 18.4 Å². The third-order valence-corrected chi connectivity index (χ3v) is 5.23. The zero-order valence-corrected chi connectivity index (χ0v) is 16.4. The SMILES string of the molecule is COc1ccc2c(c1)C(=O)c1c(nnn1-c1cc(F)c(-c3ccccc3F)c(F)c1)C2=O. The van der Waals surface area contributed by atoms with Crippen LogP contribution in [0.1, 0.15) is 32.1 Å². The Hall–Kier alpha value is -4.27. The molecule has 0 bridgehead atoms. The Morgan fingerprint density at radius 3 is 2.22 bits per heavy atom. The number of fused-ring (bicyclic) bond motifs is 2. The first-order valence-electron chi connectivity index (χ1n) is 9.38. The van der Waals surface area contributed by atoms with Crippen molar-refractivity contribution in [2.45, 2.75) is 0 Å². The number of aromatic nitrogens is 3. The number of hydrogen-bond donors (Lipinski definition) is 0. The third kappa shape index (κ3) is 2.82. The second kappa shape index (κ2) is 7.16. The summed E-state index contributed by atoms with van der Waals surface area (Å²) in [6.45, 7) is 0. The van der Waals surface area contributed by atoms with Gasteiger partial charge in [-0.1, -0.05) is 23.4 Å². The largest absolute Gasteiger partial charge is 0.497 e. The van der Waals surface area contributed by atoms with Crippen LogP contribution in [0, 0.1) is 17.5 Å². The maximum absolute atomic E-state index is 14.9. The van der Waals surface area contributed by atoms with Crippen LogP contribution in [-0.4, -0.2) is 33.7 Å². The topological polar surface area (TPSA) is 74.1 Å². The van der Waals surface area contributed by atoms with Crippen molar-refractivity contribution in [1.29, 1.82) is 0 Å². The molecule has 0 fully saturated rings. The van der Waals surface area contributed by atoms with Crippen LogP contribution in [0.15, 0.2) is 54.6 Å². The summed E-state index contributed by atoms with van der Waals surface area (Å²) in [6, 6.07) is 11.4. The van der Waals surface area contributed by atoms with Crippen LogP contribution in [0.25, 0.3) is 16.8 Å². The minimum Gasteiger partial charge on any atom is -0.497 e. The van der Waals surface area contributed by atoms with Crippen molar-refractivity contribution in [3.8, 4) is 22.6 Å². The molecule has 6 nitrogen and oxygen atoms in total. The molecule has 4 aromatic rings. The highest BCUT2D eigenvalue weighted by atomic mass is 19.1. The lowest BCUT2D eigenvalue weighted by atomic mass is 9.89. The fourth-order valence-corrected chi connectivity index (χ4v) is 3.71. The molecule has 0 saturated heterocycles. The highest BCUT2D eigenvalue weighted by molar-refractivity contribution is 6.27. The van der Waals surface area contributed by atoms with E-state index in [0.29, 0.717) is 5.75 Å². The van der Waals surface area contributed by atoms with E-state index in [9.17, 15) is 22.8 Å². The van der Waals surface area contributed by atoms with E-state index in [2.05, 4.69) is 10.3 Å². The van der Waals surface area contributed by atoms with Gasteiger partial charge in [-0.05, 0) is 24.3 Å². The van der Waals surface area contributed by atoms with Crippen molar-refractivity contribution < 1.29 is 27.5 Å². The van der Waals surface area contributed by atoms with E-state index in [-0.39, 0.29) is 33.8 Å². The molecule has 0 spiro atoms. The molecule has 0 N–H and O–H groups in total. The minimum atomic E-state index is -1.06. The first-order chi connectivity index (χ1) is 15.4. The van der Waals surface area contributed by atoms with Crippen LogP contribution in [0.5, 0.6) is 5.75 Å². The van der Waals surface area contributed by atoms with Crippen molar-refractivity contribution in [1.82, 2.24) is 15.0 Å². The summed E-state index contributed by atoms with van der Waals surface area (Å²) in [4.78, 5) is 25.9. The summed E-state index contributed by atoms with van der Waals surface area (Å²) in [7, 11) is 1.41. The van der Waals surface area contributed by atoms with Gasteiger partial charge in [-0.15, -0.1) is 5.10 Å². The van der Waals surface area contributed by atoms with E-state index in [1.54, 1.807) is 0 Å². The number of carbonyl (C=O) groups excluding carboxylic acids is 2. The van der Waals surface area contributed by atoms with E-state index < -0.39 is 34.6 Å². The van der Waals surface area contributed by atoms with Gasteiger partial charge in [0, 0.05) is 28.8 Å². The number of hydrogen-bond acceptors (Lipinski definition) is 5. The Kier molecular flexibility index (Phi) is 4.40. The van der Waals surface area contributed by atoms with Gasteiger partial charge in [0.25, 0.3) is 0 Å².